The van der Waals surface area contributed by atoms with Gasteiger partial charge in [0.15, 0.2) is 0 Å². The van der Waals surface area contributed by atoms with Gasteiger partial charge in [0.1, 0.15) is 5.75 Å². The van der Waals surface area contributed by atoms with E-state index in [0.717, 1.165) is 38.2 Å². The first-order valence-electron chi connectivity index (χ1n) is 6.81. The topological polar surface area (TPSA) is 24.5 Å². The minimum atomic E-state index is -2.78. The third-order valence-electron chi connectivity index (χ3n) is 3.47. The molecule has 20 heavy (non-hydrogen) atoms. The Bertz CT molecular complexity index is 416. The number of nitrogens with one attached hydrogen (secondary N) is 1. The monoisotopic (exact) mass is 282 g/mol. The zero-order valence-corrected chi connectivity index (χ0v) is 11.4. The van der Waals surface area contributed by atoms with Crippen LogP contribution in [0.25, 0.3) is 0 Å². The van der Waals surface area contributed by atoms with Gasteiger partial charge in [-0.3, -0.25) is 4.90 Å². The third-order valence-corrected chi connectivity index (χ3v) is 3.47. The maximum absolute atomic E-state index is 12.1. The van der Waals surface area contributed by atoms with Crippen molar-refractivity contribution >= 4 is 0 Å². The highest BCUT2D eigenvalue weighted by atomic mass is 19.3. The van der Waals surface area contributed by atoms with Crippen molar-refractivity contribution in [3.8, 4) is 5.75 Å². The molecule has 0 aliphatic carbocycles. The summed E-state index contributed by atoms with van der Waals surface area (Å²) in [7, 11) is 0. The molecule has 1 aliphatic heterocycles. The van der Waals surface area contributed by atoms with Gasteiger partial charge in [0.25, 0.3) is 0 Å². The zero-order chi connectivity index (χ0) is 14.4. The maximum Gasteiger partial charge on any atom is 0.387 e. The van der Waals surface area contributed by atoms with E-state index >= 15 is 0 Å². The summed E-state index contributed by atoms with van der Waals surface area (Å²) in [5.74, 6) is 0.196. The largest absolute Gasteiger partial charge is 0.435 e. The van der Waals surface area contributed by atoms with Gasteiger partial charge in [0.2, 0.25) is 0 Å². The second kappa shape index (κ2) is 7.36. The van der Waals surface area contributed by atoms with Crippen molar-refractivity contribution in [3.63, 3.8) is 0 Å². The standard InChI is InChI=1S/C15H20F2N2O/c1-2-3-14(19-10-8-18-9-11-19)12-4-6-13(7-5-12)20-15(16)17/h2,4-7,14-15,18H,1,3,8-11H2/t14-/m0/s1. The van der Waals surface area contributed by atoms with E-state index in [1.54, 1.807) is 12.1 Å². The summed E-state index contributed by atoms with van der Waals surface area (Å²) < 4.78 is 28.7. The predicted octanol–water partition coefficient (Wildman–Crippen LogP) is 2.81. The summed E-state index contributed by atoms with van der Waals surface area (Å²) >= 11 is 0. The lowest BCUT2D eigenvalue weighted by molar-refractivity contribution is -0.0498. The summed E-state index contributed by atoms with van der Waals surface area (Å²) in [6.45, 7) is 4.94. The van der Waals surface area contributed by atoms with Crippen molar-refractivity contribution < 1.29 is 13.5 Å². The lowest BCUT2D eigenvalue weighted by Gasteiger charge is -2.34. The molecule has 1 saturated heterocycles. The Hall–Kier alpha value is -1.46. The number of piperazine rings is 1. The second-order valence-electron chi connectivity index (χ2n) is 4.77. The smallest absolute Gasteiger partial charge is 0.387 e. The Kier molecular flexibility index (Phi) is 5.49. The molecule has 110 valence electrons. The molecule has 5 heteroatoms. The maximum atomic E-state index is 12.1. The third kappa shape index (κ3) is 4.02. The van der Waals surface area contributed by atoms with Gasteiger partial charge in [-0.25, -0.2) is 0 Å². The number of alkyl halides is 2. The van der Waals surface area contributed by atoms with Crippen LogP contribution in [0.5, 0.6) is 5.75 Å². The van der Waals surface area contributed by atoms with Crippen LogP contribution >= 0.6 is 0 Å². The van der Waals surface area contributed by atoms with Gasteiger partial charge in [-0.15, -0.1) is 6.58 Å². The first-order valence-corrected chi connectivity index (χ1v) is 6.81. The highest BCUT2D eigenvalue weighted by molar-refractivity contribution is 5.29. The van der Waals surface area contributed by atoms with Crippen molar-refractivity contribution in [2.24, 2.45) is 0 Å². The van der Waals surface area contributed by atoms with Crippen LogP contribution < -0.4 is 10.1 Å². The molecule has 0 radical (unpaired) electrons. The van der Waals surface area contributed by atoms with Crippen LogP contribution in [0.4, 0.5) is 8.78 Å². The van der Waals surface area contributed by atoms with E-state index in [4.69, 9.17) is 0 Å². The summed E-state index contributed by atoms with van der Waals surface area (Å²) in [6, 6.07) is 7.15. The van der Waals surface area contributed by atoms with Crippen molar-refractivity contribution in [2.75, 3.05) is 26.2 Å². The minimum absolute atomic E-state index is 0.196. The van der Waals surface area contributed by atoms with Crippen LogP contribution in [0, 0.1) is 0 Å². The average Bonchev–Trinajstić information content (AvgIpc) is 2.46. The molecule has 0 aromatic heterocycles. The normalized spacial score (nSPS) is 17.9. The number of nitrogens with zero attached hydrogens (tertiary/aromatic N) is 1. The van der Waals surface area contributed by atoms with E-state index in [9.17, 15) is 8.78 Å². The van der Waals surface area contributed by atoms with E-state index in [2.05, 4.69) is 21.5 Å². The summed E-state index contributed by atoms with van der Waals surface area (Å²) in [5.41, 5.74) is 1.11. The number of hydrogen-bond donors (Lipinski definition) is 1. The summed E-state index contributed by atoms with van der Waals surface area (Å²) in [5, 5.41) is 3.32. The molecule has 0 unspecified atom stereocenters. The highest BCUT2D eigenvalue weighted by Gasteiger charge is 2.21. The van der Waals surface area contributed by atoms with Crippen molar-refractivity contribution in [1.82, 2.24) is 10.2 Å². The summed E-state index contributed by atoms with van der Waals surface area (Å²) in [6.07, 6.45) is 2.74. The van der Waals surface area contributed by atoms with Crippen LogP contribution in [-0.4, -0.2) is 37.7 Å². The van der Waals surface area contributed by atoms with E-state index in [0.29, 0.717) is 0 Å². The molecule has 0 saturated carbocycles. The SMILES string of the molecule is C=CC[C@@H](c1ccc(OC(F)F)cc1)N1CCNCC1. The van der Waals surface area contributed by atoms with Crippen molar-refractivity contribution in [1.29, 1.82) is 0 Å². The Morgan fingerprint density at radius 2 is 1.90 bits per heavy atom. The lowest BCUT2D eigenvalue weighted by Crippen LogP contribution is -2.45. The van der Waals surface area contributed by atoms with Gasteiger partial charge in [-0.05, 0) is 24.1 Å². The van der Waals surface area contributed by atoms with Gasteiger partial charge in [-0.2, -0.15) is 8.78 Å². The van der Waals surface area contributed by atoms with Crippen LogP contribution in [-0.2, 0) is 0 Å². The Morgan fingerprint density at radius 3 is 2.45 bits per heavy atom. The van der Waals surface area contributed by atoms with Crippen LogP contribution in [0.2, 0.25) is 0 Å². The number of ether oxygens (including phenoxy) is 1. The highest BCUT2D eigenvalue weighted by Crippen LogP contribution is 2.27. The van der Waals surface area contributed by atoms with E-state index < -0.39 is 6.61 Å². The number of benzene rings is 1. The molecule has 1 aromatic rings. The molecule has 1 fully saturated rings. The molecule has 1 atom stereocenters. The number of rotatable bonds is 6. The van der Waals surface area contributed by atoms with Crippen LogP contribution in [0.1, 0.15) is 18.0 Å². The zero-order valence-electron chi connectivity index (χ0n) is 11.4. The van der Waals surface area contributed by atoms with Gasteiger partial charge in [-0.1, -0.05) is 18.2 Å². The fourth-order valence-corrected chi connectivity index (χ4v) is 2.52. The molecule has 1 aromatic carbocycles. The van der Waals surface area contributed by atoms with Crippen molar-refractivity contribution in [3.05, 3.63) is 42.5 Å². The Morgan fingerprint density at radius 1 is 1.25 bits per heavy atom. The first-order chi connectivity index (χ1) is 9.70. The molecule has 3 nitrogen and oxygen atoms in total. The quantitative estimate of drug-likeness (QED) is 0.812. The average molecular weight is 282 g/mol. The van der Waals surface area contributed by atoms with Gasteiger partial charge < -0.3 is 10.1 Å². The fraction of sp³-hybridized carbons (Fsp3) is 0.467. The number of halogens is 2. The molecule has 0 bridgehead atoms. The summed E-state index contributed by atoms with van der Waals surface area (Å²) in [4.78, 5) is 2.39. The molecule has 0 amide bonds. The van der Waals surface area contributed by atoms with Crippen molar-refractivity contribution in [2.45, 2.75) is 19.1 Å². The molecule has 0 spiro atoms. The van der Waals surface area contributed by atoms with Crippen LogP contribution in [0.3, 0.4) is 0 Å². The van der Waals surface area contributed by atoms with Crippen LogP contribution in [0.15, 0.2) is 36.9 Å². The minimum Gasteiger partial charge on any atom is -0.435 e. The van der Waals surface area contributed by atoms with Gasteiger partial charge in [0, 0.05) is 32.2 Å². The Labute approximate surface area is 118 Å². The number of hydrogen-bond acceptors (Lipinski definition) is 3. The molecule has 2 rings (SSSR count). The van der Waals surface area contributed by atoms with E-state index in [1.807, 2.05) is 18.2 Å². The molecular weight excluding hydrogens is 262 g/mol. The Balaban J connectivity index is 2.09. The molecule has 1 N–H and O–H groups in total. The van der Waals surface area contributed by atoms with E-state index in [1.165, 1.54) is 0 Å². The van der Waals surface area contributed by atoms with Gasteiger partial charge in [0.05, 0.1) is 0 Å². The molecular formula is C15H20F2N2O. The fourth-order valence-electron chi connectivity index (χ4n) is 2.52. The van der Waals surface area contributed by atoms with Gasteiger partial charge >= 0.3 is 6.61 Å². The molecule has 1 heterocycles. The lowest BCUT2D eigenvalue weighted by atomic mass is 10.0. The second-order valence-corrected chi connectivity index (χ2v) is 4.77. The predicted molar refractivity (Wildman–Crippen MR) is 75.1 cm³/mol. The van der Waals surface area contributed by atoms with E-state index in [-0.39, 0.29) is 11.8 Å². The molecule has 1 aliphatic rings. The first kappa shape index (κ1) is 14.9.